The number of aromatic nitrogens is 2. The maximum atomic E-state index is 5.41. The Hall–Kier alpha value is -1.66. The molecule has 4 bridgehead atoms. The molecule has 4 aliphatic rings. The van der Waals surface area contributed by atoms with Gasteiger partial charge in [-0.2, -0.15) is 0 Å². The summed E-state index contributed by atoms with van der Waals surface area (Å²) >= 11 is 0. The van der Waals surface area contributed by atoms with E-state index < -0.39 is 0 Å². The smallest absolute Gasteiger partial charge is 0.0961 e. The van der Waals surface area contributed by atoms with E-state index >= 15 is 0 Å². The Morgan fingerprint density at radius 3 is 2.46 bits per heavy atom. The van der Waals surface area contributed by atoms with Gasteiger partial charge in [0.05, 0.1) is 27.5 Å². The zero-order valence-electron chi connectivity index (χ0n) is 15.2. The van der Waals surface area contributed by atoms with Crippen LogP contribution in [0.5, 0.6) is 0 Å². The number of aryl methyl sites for hydroxylation is 1. The molecule has 0 aliphatic heterocycles. The average molecular weight is 358 g/mol. The van der Waals surface area contributed by atoms with E-state index in [1.807, 2.05) is 0 Å². The van der Waals surface area contributed by atoms with Gasteiger partial charge in [-0.1, -0.05) is 18.2 Å². The third-order valence-corrected chi connectivity index (χ3v) is 8.96. The minimum atomic E-state index is 0.363. The monoisotopic (exact) mass is 358 g/mol. The summed E-state index contributed by atoms with van der Waals surface area (Å²) in [7, 11) is 1.39. The first kappa shape index (κ1) is 14.4. The zero-order valence-corrected chi connectivity index (χ0v) is 16.1. The van der Waals surface area contributed by atoms with Crippen LogP contribution in [0.4, 0.5) is 0 Å². The first-order valence-electron chi connectivity index (χ1n) is 10.2. The highest BCUT2D eigenvalue weighted by Gasteiger charge is 2.53. The normalized spacial score (nSPS) is 33.5. The van der Waals surface area contributed by atoms with Crippen molar-refractivity contribution in [2.45, 2.75) is 50.9 Å². The summed E-state index contributed by atoms with van der Waals surface area (Å²) in [5.41, 5.74) is 5.76. The van der Waals surface area contributed by atoms with Gasteiger partial charge in [0, 0.05) is 16.1 Å². The molecule has 4 aromatic rings. The van der Waals surface area contributed by atoms with Gasteiger partial charge in [0.25, 0.3) is 0 Å². The Morgan fingerprint density at radius 1 is 1.00 bits per heavy atom. The lowest BCUT2D eigenvalue weighted by Crippen LogP contribution is -2.49. The maximum absolute atomic E-state index is 5.41. The second-order valence-electron chi connectivity index (χ2n) is 9.45. The highest BCUT2D eigenvalue weighted by molar-refractivity contribution is 7.37. The summed E-state index contributed by atoms with van der Waals surface area (Å²) < 4.78 is 2.57. The van der Waals surface area contributed by atoms with E-state index in [-0.39, 0.29) is 0 Å². The Kier molecular flexibility index (Phi) is 2.55. The van der Waals surface area contributed by atoms with Gasteiger partial charge >= 0.3 is 0 Å². The molecule has 3 heterocycles. The molecule has 4 saturated carbocycles. The number of para-hydroxylation sites is 1. The zero-order chi connectivity index (χ0) is 17.0. The van der Waals surface area contributed by atoms with Gasteiger partial charge in [0.2, 0.25) is 0 Å². The van der Waals surface area contributed by atoms with Crippen molar-refractivity contribution in [3.63, 3.8) is 0 Å². The van der Waals surface area contributed by atoms with Crippen molar-refractivity contribution < 1.29 is 0 Å². The minimum absolute atomic E-state index is 0.363. The van der Waals surface area contributed by atoms with Crippen LogP contribution in [0.3, 0.4) is 0 Å². The van der Waals surface area contributed by atoms with E-state index in [9.17, 15) is 0 Å². The second-order valence-corrected chi connectivity index (χ2v) is 10.8. The number of hydrogen-bond acceptors (Lipinski definition) is 1. The quantitative estimate of drug-likeness (QED) is 0.383. The third-order valence-electron chi connectivity index (χ3n) is 7.77. The van der Waals surface area contributed by atoms with Crippen molar-refractivity contribution in [3.8, 4) is 0 Å². The van der Waals surface area contributed by atoms with E-state index in [0.717, 1.165) is 17.8 Å². The fourth-order valence-corrected chi connectivity index (χ4v) is 8.54. The van der Waals surface area contributed by atoms with Gasteiger partial charge in [-0.25, -0.2) is 4.98 Å². The van der Waals surface area contributed by atoms with Crippen LogP contribution in [-0.4, -0.2) is 9.38 Å². The van der Waals surface area contributed by atoms with Gasteiger partial charge in [0.15, 0.2) is 0 Å². The summed E-state index contributed by atoms with van der Waals surface area (Å²) in [5.74, 6) is 2.89. The molecule has 8 rings (SSSR count). The molecule has 26 heavy (non-hydrogen) atoms. The molecule has 0 radical (unpaired) electrons. The maximum Gasteiger partial charge on any atom is 0.0961 e. The van der Waals surface area contributed by atoms with E-state index in [1.54, 1.807) is 0 Å². The van der Waals surface area contributed by atoms with Crippen molar-refractivity contribution >= 4 is 35.4 Å². The molecule has 0 saturated heterocycles. The van der Waals surface area contributed by atoms with Crippen molar-refractivity contribution in [3.05, 3.63) is 41.3 Å². The Bertz CT molecular complexity index is 1150. The summed E-state index contributed by atoms with van der Waals surface area (Å²) in [6, 6.07) is 11.2. The van der Waals surface area contributed by atoms with Gasteiger partial charge in [-0.05, 0) is 83.5 Å². The van der Waals surface area contributed by atoms with Crippen LogP contribution < -0.4 is 0 Å². The van der Waals surface area contributed by atoms with Gasteiger partial charge in [-0.15, -0.1) is 0 Å². The van der Waals surface area contributed by atoms with E-state index in [1.165, 1.54) is 84.9 Å². The molecule has 0 atom stereocenters. The van der Waals surface area contributed by atoms with Crippen LogP contribution in [0.15, 0.2) is 30.3 Å². The van der Waals surface area contributed by atoms with E-state index in [4.69, 9.17) is 4.98 Å². The second kappa shape index (κ2) is 4.60. The number of benzene rings is 1. The molecular weight excluding hydrogens is 335 g/mol. The molecule has 0 unspecified atom stereocenters. The van der Waals surface area contributed by atoms with E-state index in [2.05, 4.69) is 41.7 Å². The molecule has 130 valence electrons. The van der Waals surface area contributed by atoms with Crippen LogP contribution in [-0.2, 0) is 5.41 Å². The SMILES string of the molecule is Cc1pc2c(C34CC5CC(CC(C5)C3)C4)nc3cccc4ccc1n2c43. The lowest BCUT2D eigenvalue weighted by atomic mass is 9.49. The molecule has 0 N–H and O–H groups in total. The molecule has 4 aliphatic carbocycles. The fourth-order valence-electron chi connectivity index (χ4n) is 7.23. The van der Waals surface area contributed by atoms with Gasteiger partial charge in [-0.3, -0.25) is 0 Å². The summed E-state index contributed by atoms with van der Waals surface area (Å²) in [6.45, 7) is 2.30. The first-order valence-corrected chi connectivity index (χ1v) is 11.1. The van der Waals surface area contributed by atoms with Crippen molar-refractivity contribution in [1.29, 1.82) is 0 Å². The topological polar surface area (TPSA) is 17.3 Å². The lowest BCUT2D eigenvalue weighted by molar-refractivity contribution is -0.00637. The van der Waals surface area contributed by atoms with Crippen molar-refractivity contribution in [2.75, 3.05) is 0 Å². The lowest BCUT2D eigenvalue weighted by Gasteiger charge is -2.56. The van der Waals surface area contributed by atoms with Crippen molar-refractivity contribution in [1.82, 2.24) is 9.38 Å². The molecule has 0 spiro atoms. The number of nitrogens with zero attached hydrogens (tertiary/aromatic N) is 2. The summed E-state index contributed by atoms with van der Waals surface area (Å²) in [5, 5.41) is 4.29. The molecule has 3 aromatic heterocycles. The van der Waals surface area contributed by atoms with Crippen LogP contribution in [0.1, 0.15) is 49.5 Å². The van der Waals surface area contributed by atoms with Gasteiger partial charge in [0.1, 0.15) is 0 Å². The predicted octanol–water partition coefficient (Wildman–Crippen LogP) is 6.43. The van der Waals surface area contributed by atoms with Gasteiger partial charge < -0.3 is 4.40 Å². The Morgan fingerprint density at radius 2 is 1.73 bits per heavy atom. The predicted molar refractivity (Wildman–Crippen MR) is 108 cm³/mol. The first-order chi connectivity index (χ1) is 12.7. The molecule has 4 fully saturated rings. The third kappa shape index (κ3) is 1.66. The molecular formula is C23H23N2P. The Balaban J connectivity index is 1.61. The number of pyridine rings is 1. The largest absolute Gasteiger partial charge is 0.301 e. The molecule has 3 heteroatoms. The van der Waals surface area contributed by atoms with Crippen LogP contribution in [0, 0.1) is 24.7 Å². The number of rotatable bonds is 1. The van der Waals surface area contributed by atoms with Crippen LogP contribution >= 0.6 is 8.19 Å². The molecule has 2 nitrogen and oxygen atoms in total. The minimum Gasteiger partial charge on any atom is -0.301 e. The summed E-state index contributed by atoms with van der Waals surface area (Å²) in [6.07, 6.45) is 8.66. The van der Waals surface area contributed by atoms with Crippen LogP contribution in [0.2, 0.25) is 0 Å². The molecule has 0 amide bonds. The standard InChI is InChI=1S/C23H23N2P/c1-13-19-6-5-17-3-2-4-18-20(17)25(19)22(26-13)21(24-18)23-10-14-7-15(11-23)9-16(8-14)12-23/h2-6,14-16H,7-12H2,1H3. The highest BCUT2D eigenvalue weighted by atomic mass is 31.0. The summed E-state index contributed by atoms with van der Waals surface area (Å²) in [4.78, 5) is 5.41. The fraction of sp³-hybridized carbons (Fsp3) is 0.478. The number of hydrogen-bond donors (Lipinski definition) is 0. The highest BCUT2D eigenvalue weighted by Crippen LogP contribution is 2.61. The Labute approximate surface area is 155 Å². The molecule has 1 aromatic carbocycles. The van der Waals surface area contributed by atoms with E-state index in [0.29, 0.717) is 5.41 Å². The van der Waals surface area contributed by atoms with Crippen LogP contribution in [0.25, 0.3) is 27.2 Å². The van der Waals surface area contributed by atoms with Crippen molar-refractivity contribution in [2.24, 2.45) is 17.8 Å². The average Bonchev–Trinajstić information content (AvgIpc) is 2.96.